The number of aryl methyl sites for hydroxylation is 2. The van der Waals surface area contributed by atoms with Crippen molar-refractivity contribution >= 4 is 10.0 Å². The van der Waals surface area contributed by atoms with Crippen molar-refractivity contribution in [2.45, 2.75) is 31.8 Å². The van der Waals surface area contributed by atoms with Gasteiger partial charge in [0.1, 0.15) is 28.6 Å². The number of rotatable bonds is 5. The second kappa shape index (κ2) is 5.11. The number of aromatic amines is 1. The first-order chi connectivity index (χ1) is 8.95. The number of nitrogens with two attached hydrogens (primary N) is 1. The average Bonchev–Trinajstić information content (AvgIpc) is 2.94. The molecule has 104 valence electrons. The fourth-order valence-electron chi connectivity index (χ4n) is 1.85. The van der Waals surface area contributed by atoms with Gasteiger partial charge in [-0.25, -0.2) is 18.1 Å². The molecule has 9 heteroatoms. The van der Waals surface area contributed by atoms with Crippen LogP contribution < -0.4 is 10.5 Å². The van der Waals surface area contributed by atoms with Gasteiger partial charge in [0.2, 0.25) is 10.0 Å². The minimum Gasteiger partial charge on any atom is -0.465 e. The minimum atomic E-state index is -3.70. The average molecular weight is 285 g/mol. The summed E-state index contributed by atoms with van der Waals surface area (Å²) < 4.78 is 32.3. The highest BCUT2D eigenvalue weighted by atomic mass is 32.2. The molecule has 0 unspecified atom stereocenters. The Morgan fingerprint density at radius 3 is 2.74 bits per heavy atom. The van der Waals surface area contributed by atoms with Crippen molar-refractivity contribution in [3.05, 3.63) is 29.2 Å². The molecule has 0 atom stereocenters. The van der Waals surface area contributed by atoms with Crippen LogP contribution in [-0.2, 0) is 23.1 Å². The summed E-state index contributed by atoms with van der Waals surface area (Å²) in [5.74, 6) is 1.26. The van der Waals surface area contributed by atoms with Gasteiger partial charge in [0, 0.05) is 12.1 Å². The van der Waals surface area contributed by atoms with Crippen molar-refractivity contribution in [1.82, 2.24) is 19.9 Å². The molecule has 0 saturated heterocycles. The molecule has 2 aromatic rings. The van der Waals surface area contributed by atoms with Gasteiger partial charge in [-0.05, 0) is 13.8 Å². The third kappa shape index (κ3) is 2.67. The molecule has 2 rings (SSSR count). The third-order valence-corrected chi connectivity index (χ3v) is 4.29. The number of nitrogens with zero attached hydrogens (tertiary/aromatic N) is 2. The van der Waals surface area contributed by atoms with Gasteiger partial charge in [-0.2, -0.15) is 5.10 Å². The van der Waals surface area contributed by atoms with Gasteiger partial charge in [-0.3, -0.25) is 5.10 Å². The zero-order chi connectivity index (χ0) is 14.0. The Hall–Kier alpha value is -1.71. The molecule has 8 nitrogen and oxygen atoms in total. The quantitative estimate of drug-likeness (QED) is 0.707. The summed E-state index contributed by atoms with van der Waals surface area (Å²) in [6.45, 7) is 3.40. The van der Waals surface area contributed by atoms with Crippen LogP contribution in [0.3, 0.4) is 0 Å². The van der Waals surface area contributed by atoms with Crippen LogP contribution in [0.5, 0.6) is 0 Å². The van der Waals surface area contributed by atoms with Crippen molar-refractivity contribution in [3.63, 3.8) is 0 Å². The molecule has 0 fully saturated rings. The summed E-state index contributed by atoms with van der Waals surface area (Å²) in [5, 5.41) is 6.21. The fraction of sp³-hybridized carbons (Fsp3) is 0.400. The molecule has 0 saturated carbocycles. The summed E-state index contributed by atoms with van der Waals surface area (Å²) in [7, 11) is -3.70. The van der Waals surface area contributed by atoms with Crippen LogP contribution in [-0.4, -0.2) is 23.6 Å². The lowest BCUT2D eigenvalue weighted by molar-refractivity contribution is 0.494. The highest BCUT2D eigenvalue weighted by Crippen LogP contribution is 2.25. The van der Waals surface area contributed by atoms with Crippen LogP contribution >= 0.6 is 0 Å². The zero-order valence-electron chi connectivity index (χ0n) is 10.6. The highest BCUT2D eigenvalue weighted by Gasteiger charge is 2.26. The number of aromatic nitrogens is 3. The van der Waals surface area contributed by atoms with Gasteiger partial charge < -0.3 is 10.2 Å². The Labute approximate surface area is 110 Å². The lowest BCUT2D eigenvalue weighted by Gasteiger charge is -2.06. The van der Waals surface area contributed by atoms with Crippen molar-refractivity contribution in [1.29, 1.82) is 0 Å². The van der Waals surface area contributed by atoms with E-state index in [-0.39, 0.29) is 18.0 Å². The first-order valence-corrected chi connectivity index (χ1v) is 7.07. The Kier molecular flexibility index (Phi) is 3.69. The van der Waals surface area contributed by atoms with Crippen molar-refractivity contribution in [2.24, 2.45) is 5.73 Å². The van der Waals surface area contributed by atoms with E-state index >= 15 is 0 Å². The van der Waals surface area contributed by atoms with E-state index in [9.17, 15) is 8.42 Å². The molecule has 2 heterocycles. The number of nitrogens with one attached hydrogen (secondary N) is 2. The van der Waals surface area contributed by atoms with Crippen LogP contribution in [0.1, 0.15) is 22.9 Å². The smallest absolute Gasteiger partial charge is 0.244 e. The zero-order valence-corrected chi connectivity index (χ0v) is 11.4. The van der Waals surface area contributed by atoms with E-state index in [1.807, 2.05) is 0 Å². The monoisotopic (exact) mass is 285 g/mol. The van der Waals surface area contributed by atoms with Gasteiger partial charge in [0.05, 0.1) is 6.54 Å². The van der Waals surface area contributed by atoms with E-state index in [0.717, 1.165) is 0 Å². The normalized spacial score (nSPS) is 11.9. The number of hydrogen-bond donors (Lipinski definition) is 3. The second-order valence-electron chi connectivity index (χ2n) is 3.98. The number of hydrogen-bond acceptors (Lipinski definition) is 6. The van der Waals surface area contributed by atoms with Crippen LogP contribution in [0.2, 0.25) is 0 Å². The largest absolute Gasteiger partial charge is 0.465 e. The number of sulfonamides is 1. The molecule has 0 aliphatic heterocycles. The maximum Gasteiger partial charge on any atom is 0.244 e. The molecular weight excluding hydrogens is 270 g/mol. The van der Waals surface area contributed by atoms with Gasteiger partial charge in [-0.15, -0.1) is 0 Å². The van der Waals surface area contributed by atoms with Gasteiger partial charge in [-0.1, -0.05) is 0 Å². The molecule has 0 bridgehead atoms. The Balaban J connectivity index is 2.29. The predicted octanol–water partition coefficient (Wildman–Crippen LogP) is -0.0483. The van der Waals surface area contributed by atoms with E-state index in [1.54, 1.807) is 13.8 Å². The van der Waals surface area contributed by atoms with Crippen LogP contribution in [0.4, 0.5) is 0 Å². The van der Waals surface area contributed by atoms with Gasteiger partial charge in [0.15, 0.2) is 0 Å². The standard InChI is InChI=1S/C10H15N5O3S/c1-6-8(3-11)10(7(2)18-6)19(16,17)14-4-9-12-5-13-15-9/h5,14H,3-4,11H2,1-2H3,(H,12,13,15). The van der Waals surface area contributed by atoms with Gasteiger partial charge >= 0.3 is 0 Å². The Morgan fingerprint density at radius 2 is 2.16 bits per heavy atom. The first-order valence-electron chi connectivity index (χ1n) is 5.58. The molecule has 0 aromatic carbocycles. The summed E-state index contributed by atoms with van der Waals surface area (Å²) in [6, 6.07) is 0. The van der Waals surface area contributed by atoms with Crippen molar-refractivity contribution in [3.8, 4) is 0 Å². The van der Waals surface area contributed by atoms with Gasteiger partial charge in [0.25, 0.3) is 0 Å². The lowest BCUT2D eigenvalue weighted by atomic mass is 10.2. The van der Waals surface area contributed by atoms with E-state index in [1.165, 1.54) is 6.33 Å². The third-order valence-electron chi connectivity index (χ3n) is 2.69. The fourth-order valence-corrected chi connectivity index (χ4v) is 3.29. The molecule has 4 N–H and O–H groups in total. The molecule has 0 aliphatic rings. The lowest BCUT2D eigenvalue weighted by Crippen LogP contribution is -2.25. The topological polar surface area (TPSA) is 127 Å². The summed E-state index contributed by atoms with van der Waals surface area (Å²) in [4.78, 5) is 3.95. The number of H-pyrrole nitrogens is 1. The minimum absolute atomic E-state index is 0.0238. The SMILES string of the molecule is Cc1oc(C)c(S(=O)(=O)NCc2ncn[nH]2)c1CN. The summed E-state index contributed by atoms with van der Waals surface area (Å²) >= 11 is 0. The maximum absolute atomic E-state index is 12.3. The Bertz CT molecular complexity index is 660. The predicted molar refractivity (Wildman–Crippen MR) is 66.5 cm³/mol. The van der Waals surface area contributed by atoms with Crippen LogP contribution in [0.15, 0.2) is 15.6 Å². The highest BCUT2D eigenvalue weighted by molar-refractivity contribution is 7.89. The molecule has 0 amide bonds. The van der Waals surface area contributed by atoms with E-state index in [4.69, 9.17) is 10.2 Å². The van der Waals surface area contributed by atoms with Crippen molar-refractivity contribution < 1.29 is 12.8 Å². The molecule has 2 aromatic heterocycles. The summed E-state index contributed by atoms with van der Waals surface area (Å²) in [6.07, 6.45) is 1.31. The molecule has 0 spiro atoms. The van der Waals surface area contributed by atoms with Crippen molar-refractivity contribution in [2.75, 3.05) is 0 Å². The van der Waals surface area contributed by atoms with Crippen LogP contribution in [0, 0.1) is 13.8 Å². The maximum atomic E-state index is 12.3. The first kappa shape index (κ1) is 13.7. The molecule has 0 aliphatic carbocycles. The van der Waals surface area contributed by atoms with E-state index in [0.29, 0.717) is 22.9 Å². The second-order valence-corrected chi connectivity index (χ2v) is 5.69. The molecule has 19 heavy (non-hydrogen) atoms. The molecule has 0 radical (unpaired) electrons. The Morgan fingerprint density at radius 1 is 1.42 bits per heavy atom. The van der Waals surface area contributed by atoms with Crippen LogP contribution in [0.25, 0.3) is 0 Å². The molecular formula is C10H15N5O3S. The number of furan rings is 1. The summed E-state index contributed by atoms with van der Waals surface area (Å²) in [5.41, 5.74) is 6.06. The van der Waals surface area contributed by atoms with E-state index in [2.05, 4.69) is 19.9 Å². The van der Waals surface area contributed by atoms with E-state index < -0.39 is 10.0 Å².